The highest BCUT2D eigenvalue weighted by atomic mass is 16.2. The number of carbonyl (C=O) groups is 1. The third-order valence-electron chi connectivity index (χ3n) is 6.45. The Morgan fingerprint density at radius 3 is 2.52 bits per heavy atom. The van der Waals surface area contributed by atoms with E-state index in [-0.39, 0.29) is 11.9 Å². The molecule has 3 rings (SSSR count). The molecule has 0 bridgehead atoms. The van der Waals surface area contributed by atoms with Crippen LogP contribution >= 0.6 is 0 Å². The molecule has 0 aromatic rings. The molecule has 2 saturated carbocycles. The maximum absolute atomic E-state index is 12.2. The molecule has 3 aliphatic rings. The van der Waals surface area contributed by atoms with Gasteiger partial charge < -0.3 is 10.2 Å². The second-order valence-electron chi connectivity index (χ2n) is 7.91. The molecule has 0 aromatic carbocycles. The van der Waals surface area contributed by atoms with Crippen molar-refractivity contribution in [1.82, 2.24) is 10.2 Å². The van der Waals surface area contributed by atoms with Crippen molar-refractivity contribution in [2.24, 2.45) is 5.41 Å². The van der Waals surface area contributed by atoms with E-state index >= 15 is 0 Å². The van der Waals surface area contributed by atoms with E-state index < -0.39 is 0 Å². The molecule has 3 fully saturated rings. The average molecular weight is 317 g/mol. The Labute approximate surface area is 140 Å². The molecule has 0 radical (unpaired) electrons. The molecule has 0 aromatic heterocycles. The van der Waals surface area contributed by atoms with E-state index in [0.717, 1.165) is 25.9 Å². The quantitative estimate of drug-likeness (QED) is 0.865. The fraction of sp³-hybridized carbons (Fsp3) is 0.895. The van der Waals surface area contributed by atoms with Gasteiger partial charge in [0.15, 0.2) is 0 Å². The van der Waals surface area contributed by atoms with Crippen molar-refractivity contribution in [1.29, 1.82) is 5.26 Å². The van der Waals surface area contributed by atoms with Crippen LogP contribution in [0, 0.1) is 16.7 Å². The topological polar surface area (TPSA) is 56.1 Å². The summed E-state index contributed by atoms with van der Waals surface area (Å²) in [5.41, 5.74) is 0.668. The third-order valence-corrected chi connectivity index (χ3v) is 6.45. The van der Waals surface area contributed by atoms with Crippen molar-refractivity contribution in [2.45, 2.75) is 89.1 Å². The van der Waals surface area contributed by atoms with E-state index in [9.17, 15) is 4.79 Å². The molecule has 1 atom stereocenters. The van der Waals surface area contributed by atoms with Gasteiger partial charge in [-0.2, -0.15) is 5.26 Å². The molecule has 1 heterocycles. The number of hydrogen-bond acceptors (Lipinski definition) is 3. The summed E-state index contributed by atoms with van der Waals surface area (Å²) in [7, 11) is 0. The second-order valence-corrected chi connectivity index (χ2v) is 7.91. The highest BCUT2D eigenvalue weighted by molar-refractivity contribution is 5.77. The maximum Gasteiger partial charge on any atom is 0.224 e. The monoisotopic (exact) mass is 317 g/mol. The fourth-order valence-corrected chi connectivity index (χ4v) is 4.96. The van der Waals surface area contributed by atoms with E-state index in [1.807, 2.05) is 0 Å². The highest BCUT2D eigenvalue weighted by Crippen LogP contribution is 2.47. The number of rotatable bonds is 4. The Morgan fingerprint density at radius 1 is 1.09 bits per heavy atom. The molecule has 23 heavy (non-hydrogen) atoms. The van der Waals surface area contributed by atoms with Crippen LogP contribution in [-0.4, -0.2) is 36.0 Å². The van der Waals surface area contributed by atoms with Gasteiger partial charge in [-0.1, -0.05) is 19.3 Å². The van der Waals surface area contributed by atoms with Crippen molar-refractivity contribution < 1.29 is 4.79 Å². The molecule has 1 N–H and O–H groups in total. The zero-order valence-corrected chi connectivity index (χ0v) is 14.4. The lowest BCUT2D eigenvalue weighted by atomic mass is 9.64. The number of nitrogens with one attached hydrogen (secondary N) is 1. The molecular weight excluding hydrogens is 286 g/mol. The van der Waals surface area contributed by atoms with Gasteiger partial charge in [-0.15, -0.1) is 0 Å². The first-order valence-electron chi connectivity index (χ1n) is 9.65. The van der Waals surface area contributed by atoms with Crippen molar-refractivity contribution in [3.05, 3.63) is 0 Å². The summed E-state index contributed by atoms with van der Waals surface area (Å²) in [5, 5.41) is 12.7. The number of likely N-dealkylation sites (tertiary alicyclic amines) is 1. The molecule has 0 unspecified atom stereocenters. The van der Waals surface area contributed by atoms with Crippen LogP contribution in [0.1, 0.15) is 77.0 Å². The number of hydrogen-bond donors (Lipinski definition) is 1. The van der Waals surface area contributed by atoms with Gasteiger partial charge in [-0.3, -0.25) is 4.79 Å². The van der Waals surface area contributed by atoms with Gasteiger partial charge in [-0.05, 0) is 56.8 Å². The largest absolute Gasteiger partial charge is 0.327 e. The minimum Gasteiger partial charge on any atom is -0.327 e. The average Bonchev–Trinajstić information content (AvgIpc) is 3.06. The van der Waals surface area contributed by atoms with Gasteiger partial charge in [0.2, 0.25) is 5.91 Å². The minimum atomic E-state index is -0.177. The number of nitriles is 1. The first-order valence-corrected chi connectivity index (χ1v) is 9.65. The molecular formula is C19H31N3O. The normalized spacial score (nSPS) is 28.0. The summed E-state index contributed by atoms with van der Waals surface area (Å²) in [5.74, 6) is 0.154. The summed E-state index contributed by atoms with van der Waals surface area (Å²) in [4.78, 5) is 14.0. The van der Waals surface area contributed by atoms with Crippen LogP contribution in [0.4, 0.5) is 0 Å². The minimum absolute atomic E-state index is 0.154. The summed E-state index contributed by atoms with van der Waals surface area (Å²) >= 11 is 0. The maximum atomic E-state index is 12.2. The summed E-state index contributed by atoms with van der Waals surface area (Å²) in [6, 6.07) is 2.67. The molecule has 1 aliphatic heterocycles. The predicted molar refractivity (Wildman–Crippen MR) is 90.7 cm³/mol. The predicted octanol–water partition coefficient (Wildman–Crippen LogP) is 3.37. The fourth-order valence-electron chi connectivity index (χ4n) is 4.96. The third kappa shape index (κ3) is 4.07. The van der Waals surface area contributed by atoms with Gasteiger partial charge >= 0.3 is 0 Å². The van der Waals surface area contributed by atoms with Crippen LogP contribution in [-0.2, 0) is 4.79 Å². The SMILES string of the molecule is N#C[C@@H]1CCCN1C(=O)CCNC1CCC2(CCCCC2)CC1. The molecule has 4 nitrogen and oxygen atoms in total. The van der Waals surface area contributed by atoms with Crippen LogP contribution in [0.3, 0.4) is 0 Å². The van der Waals surface area contributed by atoms with Crippen LogP contribution in [0.15, 0.2) is 0 Å². The Kier molecular flexibility index (Phi) is 5.58. The molecule has 2 aliphatic carbocycles. The van der Waals surface area contributed by atoms with Crippen LogP contribution in [0.2, 0.25) is 0 Å². The van der Waals surface area contributed by atoms with Gasteiger partial charge in [0.25, 0.3) is 0 Å². The van der Waals surface area contributed by atoms with Crippen molar-refractivity contribution in [3.63, 3.8) is 0 Å². The van der Waals surface area contributed by atoms with Gasteiger partial charge in [0, 0.05) is 25.6 Å². The van der Waals surface area contributed by atoms with E-state index in [0.29, 0.717) is 17.9 Å². The van der Waals surface area contributed by atoms with E-state index in [1.165, 1.54) is 57.8 Å². The van der Waals surface area contributed by atoms with Crippen molar-refractivity contribution in [3.8, 4) is 6.07 Å². The molecule has 1 amide bonds. The standard InChI is InChI=1S/C19H31N3O/c20-15-17-5-4-14-22(17)18(23)8-13-21-16-6-11-19(12-7-16)9-2-1-3-10-19/h16-17,21H,1-14H2/t17-/m0/s1. The van der Waals surface area contributed by atoms with Gasteiger partial charge in [0.05, 0.1) is 6.07 Å². The Morgan fingerprint density at radius 2 is 1.83 bits per heavy atom. The first-order chi connectivity index (χ1) is 11.2. The van der Waals surface area contributed by atoms with Crippen molar-refractivity contribution >= 4 is 5.91 Å². The zero-order chi connectivity index (χ0) is 16.1. The lowest BCUT2D eigenvalue weighted by molar-refractivity contribution is -0.131. The molecule has 128 valence electrons. The molecule has 4 heteroatoms. The van der Waals surface area contributed by atoms with Crippen LogP contribution in [0.25, 0.3) is 0 Å². The van der Waals surface area contributed by atoms with Gasteiger partial charge in [-0.25, -0.2) is 0 Å². The van der Waals surface area contributed by atoms with Crippen molar-refractivity contribution in [2.75, 3.05) is 13.1 Å². The summed E-state index contributed by atoms with van der Waals surface area (Å²) < 4.78 is 0. The van der Waals surface area contributed by atoms with Gasteiger partial charge in [0.1, 0.15) is 6.04 Å². The number of carbonyl (C=O) groups excluding carboxylic acids is 1. The summed E-state index contributed by atoms with van der Waals surface area (Å²) in [6.45, 7) is 1.54. The van der Waals surface area contributed by atoms with E-state index in [4.69, 9.17) is 5.26 Å². The summed E-state index contributed by atoms with van der Waals surface area (Å²) in [6.07, 6.45) is 14.9. The van der Waals surface area contributed by atoms with E-state index in [1.54, 1.807) is 4.90 Å². The first kappa shape index (κ1) is 16.8. The lowest BCUT2D eigenvalue weighted by Gasteiger charge is -2.43. The molecule has 1 saturated heterocycles. The highest BCUT2D eigenvalue weighted by Gasteiger charge is 2.36. The lowest BCUT2D eigenvalue weighted by Crippen LogP contribution is -2.41. The van der Waals surface area contributed by atoms with Crippen LogP contribution in [0.5, 0.6) is 0 Å². The van der Waals surface area contributed by atoms with Crippen LogP contribution < -0.4 is 5.32 Å². The number of amides is 1. The Hall–Kier alpha value is -1.08. The number of nitrogens with zero attached hydrogens (tertiary/aromatic N) is 2. The second kappa shape index (κ2) is 7.66. The molecule has 1 spiro atoms. The Balaban J connectivity index is 1.35. The van der Waals surface area contributed by atoms with E-state index in [2.05, 4.69) is 11.4 Å². The smallest absolute Gasteiger partial charge is 0.224 e. The zero-order valence-electron chi connectivity index (χ0n) is 14.4. The Bertz CT molecular complexity index is 440.